The van der Waals surface area contributed by atoms with E-state index >= 15 is 0 Å². The van der Waals surface area contributed by atoms with E-state index in [1.807, 2.05) is 13.0 Å². The summed E-state index contributed by atoms with van der Waals surface area (Å²) in [6, 6.07) is 3.48. The fraction of sp³-hybridized carbons (Fsp3) is 0.222. The zero-order valence-electron chi connectivity index (χ0n) is 8.18. The van der Waals surface area contributed by atoms with Crippen LogP contribution in [0.3, 0.4) is 0 Å². The van der Waals surface area contributed by atoms with Gasteiger partial charge in [-0.1, -0.05) is 0 Å². The van der Waals surface area contributed by atoms with Crippen molar-refractivity contribution in [2.45, 2.75) is 6.92 Å². The fourth-order valence-corrected chi connectivity index (χ4v) is 3.16. The molecule has 1 heterocycles. The van der Waals surface area contributed by atoms with Crippen LogP contribution >= 0.6 is 0 Å². The Balaban J connectivity index is 2.83. The third-order valence-electron chi connectivity index (χ3n) is 2.01. The van der Waals surface area contributed by atoms with Gasteiger partial charge in [-0.25, -0.2) is 0 Å². The van der Waals surface area contributed by atoms with Gasteiger partial charge >= 0.3 is 91.2 Å². The first-order chi connectivity index (χ1) is 7.13. The van der Waals surface area contributed by atoms with Crippen LogP contribution in [0.4, 0.5) is 5.69 Å². The van der Waals surface area contributed by atoms with Crippen molar-refractivity contribution in [2.24, 2.45) is 0 Å². The van der Waals surface area contributed by atoms with E-state index in [1.165, 1.54) is 7.11 Å². The van der Waals surface area contributed by atoms with Crippen molar-refractivity contribution in [1.29, 1.82) is 0 Å². The minimum atomic E-state index is -0.435. The van der Waals surface area contributed by atoms with Gasteiger partial charge in [-0.15, -0.1) is 0 Å². The Labute approximate surface area is 91.6 Å². The van der Waals surface area contributed by atoms with Gasteiger partial charge in [0.1, 0.15) is 0 Å². The molecule has 0 fully saturated rings. The molecule has 6 heteroatoms. The van der Waals surface area contributed by atoms with E-state index in [0.717, 1.165) is 8.83 Å². The fourth-order valence-electron chi connectivity index (χ4n) is 1.41. The first kappa shape index (κ1) is 10.1. The third-order valence-corrected chi connectivity index (χ3v) is 3.97. The Morgan fingerprint density at radius 2 is 2.27 bits per heavy atom. The average Bonchev–Trinajstić information content (AvgIpc) is 2.55. The Kier molecular flexibility index (Phi) is 2.46. The summed E-state index contributed by atoms with van der Waals surface area (Å²) in [5, 5.41) is 10.9. The number of aromatic nitrogens is 1. The minimum absolute atomic E-state index is 0.0197. The van der Waals surface area contributed by atoms with Crippen LogP contribution in [-0.4, -0.2) is 31.5 Å². The van der Waals surface area contributed by atoms with Gasteiger partial charge in [0.05, 0.1) is 0 Å². The molecule has 0 saturated carbocycles. The molecule has 5 nitrogen and oxygen atoms in total. The van der Waals surface area contributed by atoms with Gasteiger partial charge in [0.2, 0.25) is 0 Å². The van der Waals surface area contributed by atoms with Crippen LogP contribution in [0.2, 0.25) is 0 Å². The molecule has 1 aromatic carbocycles. The molecule has 0 saturated heterocycles. The maximum absolute atomic E-state index is 10.9. The van der Waals surface area contributed by atoms with Crippen LogP contribution in [0, 0.1) is 17.0 Å². The second kappa shape index (κ2) is 3.64. The van der Waals surface area contributed by atoms with Gasteiger partial charge in [-0.2, -0.15) is 0 Å². The van der Waals surface area contributed by atoms with Gasteiger partial charge in [0, 0.05) is 0 Å². The van der Waals surface area contributed by atoms with Gasteiger partial charge in [0.15, 0.2) is 0 Å². The molecule has 2 rings (SSSR count). The second-order valence-corrected chi connectivity index (χ2v) is 5.54. The zero-order valence-corrected chi connectivity index (χ0v) is 9.90. The molecule has 78 valence electrons. The number of methoxy groups -OCH3 is 1. The molecule has 0 N–H and O–H groups in total. The van der Waals surface area contributed by atoms with Crippen LogP contribution in [0.15, 0.2) is 12.1 Å². The van der Waals surface area contributed by atoms with E-state index in [9.17, 15) is 10.1 Å². The molecule has 0 aliphatic heterocycles. The number of hydrogen-bond donors (Lipinski definition) is 0. The van der Waals surface area contributed by atoms with E-state index in [4.69, 9.17) is 4.74 Å². The first-order valence-electron chi connectivity index (χ1n) is 4.22. The van der Waals surface area contributed by atoms with Crippen molar-refractivity contribution < 1.29 is 9.66 Å². The van der Waals surface area contributed by atoms with Crippen LogP contribution in [0.25, 0.3) is 9.78 Å². The SMILES string of the molecule is COc1ccc2[se]c(C)nc2c1[N+](=O)[O-]. The molecule has 0 aliphatic carbocycles. The molecule has 0 amide bonds. The van der Waals surface area contributed by atoms with E-state index in [1.54, 1.807) is 6.07 Å². The van der Waals surface area contributed by atoms with Crippen molar-refractivity contribution in [3.05, 3.63) is 26.8 Å². The number of aryl methyl sites for hydroxylation is 1. The van der Waals surface area contributed by atoms with Gasteiger partial charge in [-0.3, -0.25) is 0 Å². The van der Waals surface area contributed by atoms with Gasteiger partial charge in [0.25, 0.3) is 0 Å². The molecule has 0 atom stereocenters. The third kappa shape index (κ3) is 1.62. The first-order valence-corrected chi connectivity index (χ1v) is 5.93. The van der Waals surface area contributed by atoms with E-state index in [2.05, 4.69) is 4.98 Å². The molecule has 2 aromatic rings. The Morgan fingerprint density at radius 3 is 2.87 bits per heavy atom. The molecule has 15 heavy (non-hydrogen) atoms. The van der Waals surface area contributed by atoms with Gasteiger partial charge < -0.3 is 0 Å². The number of nitro groups is 1. The summed E-state index contributed by atoms with van der Waals surface area (Å²) in [6.07, 6.45) is 0. The van der Waals surface area contributed by atoms with Crippen molar-refractivity contribution in [2.75, 3.05) is 7.11 Å². The Morgan fingerprint density at radius 1 is 1.53 bits per heavy atom. The summed E-state index contributed by atoms with van der Waals surface area (Å²) in [7, 11) is 1.42. The summed E-state index contributed by atoms with van der Waals surface area (Å²) >= 11 is 0.117. The number of nitrogens with zero attached hydrogens (tertiary/aromatic N) is 2. The Bertz CT molecular complexity index is 535. The van der Waals surface area contributed by atoms with Crippen molar-refractivity contribution in [3.63, 3.8) is 0 Å². The predicted molar refractivity (Wildman–Crippen MR) is 56.6 cm³/mol. The predicted octanol–water partition coefficient (Wildman–Crippen LogP) is 1.52. The summed E-state index contributed by atoms with van der Waals surface area (Å²) in [4.78, 5) is 14.7. The van der Waals surface area contributed by atoms with E-state index in [0.29, 0.717) is 5.52 Å². The summed E-state index contributed by atoms with van der Waals surface area (Å²) in [5.41, 5.74) is 0.450. The maximum atomic E-state index is 10.9. The normalized spacial score (nSPS) is 10.5. The number of rotatable bonds is 2. The quantitative estimate of drug-likeness (QED) is 0.472. The van der Waals surface area contributed by atoms with Crippen LogP contribution in [-0.2, 0) is 0 Å². The summed E-state index contributed by atoms with van der Waals surface area (Å²) in [5.74, 6) is 0.271. The standard InChI is InChI=1S/C9H8N2O3Se/c1-5-10-8-7(15-5)4-3-6(14-2)9(8)11(12)13/h3-4H,1-2H3. The van der Waals surface area contributed by atoms with Crippen LogP contribution in [0.1, 0.15) is 4.57 Å². The van der Waals surface area contributed by atoms with Crippen molar-refractivity contribution in [3.8, 4) is 5.75 Å². The Hall–Kier alpha value is -1.39. The monoisotopic (exact) mass is 272 g/mol. The van der Waals surface area contributed by atoms with Crippen molar-refractivity contribution in [1.82, 2.24) is 4.98 Å². The molecular formula is C9H8N2O3Se. The second-order valence-electron chi connectivity index (χ2n) is 2.95. The van der Waals surface area contributed by atoms with E-state index < -0.39 is 4.92 Å². The number of fused-ring (bicyclic) bond motifs is 1. The molecule has 0 radical (unpaired) electrons. The average molecular weight is 271 g/mol. The number of benzene rings is 1. The van der Waals surface area contributed by atoms with Crippen LogP contribution < -0.4 is 4.74 Å². The molecular weight excluding hydrogens is 263 g/mol. The van der Waals surface area contributed by atoms with Crippen molar-refractivity contribution >= 4 is 30.0 Å². The summed E-state index contributed by atoms with van der Waals surface area (Å²) in [6.45, 7) is 1.89. The molecule has 0 spiro atoms. The molecule has 0 unspecified atom stereocenters. The van der Waals surface area contributed by atoms with E-state index in [-0.39, 0.29) is 25.9 Å². The summed E-state index contributed by atoms with van der Waals surface area (Å²) < 4.78 is 6.87. The van der Waals surface area contributed by atoms with Crippen LogP contribution in [0.5, 0.6) is 5.75 Å². The van der Waals surface area contributed by atoms with Gasteiger partial charge in [-0.05, 0) is 0 Å². The molecule has 0 aliphatic rings. The molecule has 0 bridgehead atoms. The zero-order chi connectivity index (χ0) is 11.0. The topological polar surface area (TPSA) is 65.3 Å². The molecule has 1 aromatic heterocycles. The number of nitro benzene ring substituents is 1. The number of hydrogen-bond acceptors (Lipinski definition) is 4. The number of ether oxygens (including phenoxy) is 1.